The molecule has 0 aliphatic rings. The Labute approximate surface area is 233 Å². The van der Waals surface area contributed by atoms with Gasteiger partial charge in [0.05, 0.1) is 24.6 Å². The summed E-state index contributed by atoms with van der Waals surface area (Å²) in [6, 6.07) is 10.0. The number of carbonyl (C=O) groups excluding carboxylic acids is 1. The first-order valence-corrected chi connectivity index (χ1v) is 14.2. The van der Waals surface area contributed by atoms with E-state index in [-0.39, 0.29) is 12.6 Å². The van der Waals surface area contributed by atoms with E-state index in [1.807, 2.05) is 65.8 Å². The third kappa shape index (κ3) is 14.9. The van der Waals surface area contributed by atoms with Crippen molar-refractivity contribution in [3.8, 4) is 0 Å². The zero-order valence-corrected chi connectivity index (χ0v) is 26.1. The summed E-state index contributed by atoms with van der Waals surface area (Å²) in [4.78, 5) is 13.8. The van der Waals surface area contributed by atoms with E-state index in [9.17, 15) is 4.79 Å². The van der Waals surface area contributed by atoms with Crippen molar-refractivity contribution in [2.24, 2.45) is 5.92 Å². The predicted molar refractivity (Wildman–Crippen MR) is 159 cm³/mol. The summed E-state index contributed by atoms with van der Waals surface area (Å²) in [5, 5.41) is 6.13. The van der Waals surface area contributed by atoms with E-state index in [1.165, 1.54) is 12.7 Å². The molecule has 0 radical (unpaired) electrons. The summed E-state index contributed by atoms with van der Waals surface area (Å²) in [6.45, 7) is 16.3. The summed E-state index contributed by atoms with van der Waals surface area (Å²) >= 11 is 13.4. The van der Waals surface area contributed by atoms with Crippen molar-refractivity contribution in [2.45, 2.75) is 80.6 Å². The van der Waals surface area contributed by atoms with Crippen molar-refractivity contribution in [3.63, 3.8) is 0 Å². The van der Waals surface area contributed by atoms with E-state index in [0.717, 1.165) is 21.9 Å². The van der Waals surface area contributed by atoms with Crippen LogP contribution in [0.1, 0.15) is 77.8 Å². The summed E-state index contributed by atoms with van der Waals surface area (Å²) in [6.07, 6.45) is 1.14. The third-order valence-corrected chi connectivity index (χ3v) is 6.28. The molecule has 1 unspecified atom stereocenters. The molecule has 36 heavy (non-hydrogen) atoms. The fourth-order valence-corrected chi connectivity index (χ4v) is 4.00. The lowest BCUT2D eigenvalue weighted by atomic mass is 10.1. The molecule has 2 aromatic rings. The molecule has 0 saturated carbocycles. The fourth-order valence-electron chi connectivity index (χ4n) is 2.69. The van der Waals surface area contributed by atoms with Gasteiger partial charge in [-0.05, 0) is 48.9 Å². The molecule has 1 aromatic carbocycles. The maximum absolute atomic E-state index is 12.1. The highest BCUT2D eigenvalue weighted by Crippen LogP contribution is 2.22. The van der Waals surface area contributed by atoms with E-state index >= 15 is 0 Å². The van der Waals surface area contributed by atoms with E-state index in [0.29, 0.717) is 18.0 Å². The van der Waals surface area contributed by atoms with Crippen molar-refractivity contribution in [1.82, 2.24) is 5.32 Å². The van der Waals surface area contributed by atoms with Gasteiger partial charge < -0.3 is 19.5 Å². The molecule has 0 bridgehead atoms. The molecular weight excluding hydrogens is 514 g/mol. The fraction of sp³-hybridized carbons (Fsp3) is 0.571. The normalized spacial score (nSPS) is 10.9. The Bertz CT molecular complexity index is 856. The second-order valence-electron chi connectivity index (χ2n) is 7.31. The van der Waals surface area contributed by atoms with Crippen LogP contribution in [0.3, 0.4) is 0 Å². The molecule has 0 spiro atoms. The molecule has 1 N–H and O–H groups in total. The minimum Gasteiger partial charge on any atom is -0.469 e. The van der Waals surface area contributed by atoms with Gasteiger partial charge >= 0.3 is 5.97 Å². The number of hydrogen-bond donors (Lipinski definition) is 1. The number of thiocarbonyl (C=S) groups is 1. The molecule has 5 nitrogen and oxygen atoms in total. The number of ether oxygens (including phenoxy) is 3. The highest BCUT2D eigenvalue weighted by atomic mass is 35.5. The predicted octanol–water partition coefficient (Wildman–Crippen LogP) is 8.07. The number of nitrogens with one attached hydrogen (secondary N) is 1. The van der Waals surface area contributed by atoms with E-state index < -0.39 is 11.7 Å². The molecule has 0 amide bonds. The summed E-state index contributed by atoms with van der Waals surface area (Å²) in [7, 11) is 2.92. The van der Waals surface area contributed by atoms with Gasteiger partial charge in [0.2, 0.25) is 0 Å². The molecule has 1 heterocycles. The first kappa shape index (κ1) is 36.6. The number of rotatable bonds is 11. The summed E-state index contributed by atoms with van der Waals surface area (Å²) in [5.41, 5.74) is 2.31. The van der Waals surface area contributed by atoms with E-state index in [2.05, 4.69) is 16.8 Å². The van der Waals surface area contributed by atoms with Crippen LogP contribution < -0.4 is 5.32 Å². The SMILES string of the molecule is CC.CC.CC.COC(=O)C(COC(C)(C)OC)CC(=S)NCc1cc(Cc2ccccc2Cl)cs1. The number of methoxy groups -OCH3 is 2. The molecule has 0 saturated heterocycles. The maximum Gasteiger partial charge on any atom is 0.311 e. The van der Waals surface area contributed by atoms with Gasteiger partial charge in [0, 0.05) is 30.0 Å². The Kier molecular flexibility index (Phi) is 22.0. The molecule has 206 valence electrons. The highest BCUT2D eigenvalue weighted by molar-refractivity contribution is 7.80. The monoisotopic (exact) mass is 559 g/mol. The first-order valence-electron chi connectivity index (χ1n) is 12.6. The number of carbonyl (C=O) groups is 1. The molecule has 8 heteroatoms. The molecule has 2 rings (SSSR count). The summed E-state index contributed by atoms with van der Waals surface area (Å²) in [5.74, 6) is -1.64. The second kappa shape index (κ2) is 21.6. The van der Waals surface area contributed by atoms with Gasteiger partial charge in [-0.15, -0.1) is 11.3 Å². The second-order valence-corrected chi connectivity index (χ2v) is 9.20. The van der Waals surface area contributed by atoms with Gasteiger partial charge in [0.25, 0.3) is 0 Å². The standard InChI is InChI=1S/C22H28ClNO4S2.3C2H6/c1-22(2,27-4)28-13-17(21(25)26-3)11-20(29)24-12-18-10-15(14-30-18)9-16-7-5-6-8-19(16)23;3*1-2/h5-8,10,14,17H,9,11-13H2,1-4H3,(H,24,29);3*1-2H3. The quantitative estimate of drug-likeness (QED) is 0.171. The first-order chi connectivity index (χ1) is 17.2. The zero-order chi connectivity index (χ0) is 28.1. The number of esters is 1. The Morgan fingerprint density at radius 2 is 1.72 bits per heavy atom. The van der Waals surface area contributed by atoms with Crippen LogP contribution in [0.5, 0.6) is 0 Å². The molecule has 1 aromatic heterocycles. The minimum atomic E-state index is -0.781. The largest absolute Gasteiger partial charge is 0.469 e. The molecule has 0 aliphatic carbocycles. The van der Waals surface area contributed by atoms with Crippen LogP contribution in [-0.2, 0) is 32.0 Å². The van der Waals surface area contributed by atoms with Gasteiger partial charge in [-0.2, -0.15) is 0 Å². The van der Waals surface area contributed by atoms with Crippen molar-refractivity contribution in [3.05, 3.63) is 56.7 Å². The molecule has 0 fully saturated rings. The van der Waals surface area contributed by atoms with Gasteiger partial charge in [0.15, 0.2) is 5.79 Å². The zero-order valence-electron chi connectivity index (χ0n) is 23.7. The number of benzene rings is 1. The topological polar surface area (TPSA) is 56.8 Å². The van der Waals surface area contributed by atoms with Crippen LogP contribution in [0.25, 0.3) is 0 Å². The van der Waals surface area contributed by atoms with Crippen LogP contribution in [0.4, 0.5) is 0 Å². The van der Waals surface area contributed by atoms with Gasteiger partial charge in [0.1, 0.15) is 0 Å². The van der Waals surface area contributed by atoms with Crippen molar-refractivity contribution in [2.75, 3.05) is 20.8 Å². The van der Waals surface area contributed by atoms with E-state index in [1.54, 1.807) is 32.3 Å². The smallest absolute Gasteiger partial charge is 0.311 e. The number of halogens is 1. The lowest BCUT2D eigenvalue weighted by Gasteiger charge is -2.26. The summed E-state index contributed by atoms with van der Waals surface area (Å²) < 4.78 is 15.8. The average molecular weight is 560 g/mol. The van der Waals surface area contributed by atoms with Crippen LogP contribution in [-0.4, -0.2) is 37.6 Å². The molecular formula is C28H46ClNO4S2. The minimum absolute atomic E-state index is 0.163. The Balaban J connectivity index is 0. The number of hydrogen-bond acceptors (Lipinski definition) is 6. The van der Waals surface area contributed by atoms with Gasteiger partial charge in [-0.3, -0.25) is 4.79 Å². The third-order valence-electron chi connectivity index (χ3n) is 4.61. The van der Waals surface area contributed by atoms with Crippen LogP contribution in [0.2, 0.25) is 5.02 Å². The molecule has 0 aliphatic heterocycles. The van der Waals surface area contributed by atoms with Crippen molar-refractivity contribution in [1.29, 1.82) is 0 Å². The van der Waals surface area contributed by atoms with Crippen LogP contribution in [0, 0.1) is 5.92 Å². The number of thiophene rings is 1. The Morgan fingerprint density at radius 1 is 1.11 bits per heavy atom. The van der Waals surface area contributed by atoms with E-state index in [4.69, 9.17) is 38.0 Å². The highest BCUT2D eigenvalue weighted by Gasteiger charge is 2.26. The van der Waals surface area contributed by atoms with Crippen LogP contribution in [0.15, 0.2) is 35.7 Å². The van der Waals surface area contributed by atoms with Gasteiger partial charge in [-0.1, -0.05) is 83.6 Å². The van der Waals surface area contributed by atoms with Gasteiger partial charge in [-0.25, -0.2) is 0 Å². The maximum atomic E-state index is 12.1. The Morgan fingerprint density at radius 3 is 2.28 bits per heavy atom. The molecule has 1 atom stereocenters. The lowest BCUT2D eigenvalue weighted by Crippen LogP contribution is -2.34. The van der Waals surface area contributed by atoms with Crippen molar-refractivity contribution < 1.29 is 19.0 Å². The lowest BCUT2D eigenvalue weighted by molar-refractivity contribution is -0.205. The Hall–Kier alpha value is -1.51. The van der Waals surface area contributed by atoms with Crippen molar-refractivity contribution >= 4 is 46.1 Å². The average Bonchev–Trinajstić information content (AvgIpc) is 3.37. The van der Waals surface area contributed by atoms with Crippen LogP contribution >= 0.6 is 35.2 Å².